The van der Waals surface area contributed by atoms with Crippen LogP contribution in [-0.2, 0) is 12.8 Å². The number of rotatable bonds is 3. The van der Waals surface area contributed by atoms with Crippen molar-refractivity contribution in [3.8, 4) is 0 Å². The second-order valence-corrected chi connectivity index (χ2v) is 4.89. The third-order valence-corrected chi connectivity index (χ3v) is 3.75. The molecule has 0 radical (unpaired) electrons. The fourth-order valence-corrected chi connectivity index (χ4v) is 2.56. The van der Waals surface area contributed by atoms with Crippen LogP contribution in [0.25, 0.3) is 0 Å². The van der Waals surface area contributed by atoms with Gasteiger partial charge in [0, 0.05) is 18.2 Å². The summed E-state index contributed by atoms with van der Waals surface area (Å²) in [6.07, 6.45) is 0. The molecule has 0 spiro atoms. The van der Waals surface area contributed by atoms with Crippen molar-refractivity contribution >= 4 is 28.2 Å². The van der Waals surface area contributed by atoms with Crippen molar-refractivity contribution in [3.05, 3.63) is 16.9 Å². The van der Waals surface area contributed by atoms with Crippen molar-refractivity contribution in [1.29, 1.82) is 0 Å². The molecule has 0 aromatic carbocycles. The summed E-state index contributed by atoms with van der Waals surface area (Å²) >= 11 is 3.07. The Morgan fingerprint density at radius 3 is 2.87 bits per heavy atom. The van der Waals surface area contributed by atoms with Crippen LogP contribution in [0.5, 0.6) is 0 Å². The predicted molar refractivity (Wildman–Crippen MR) is 61.8 cm³/mol. The molecule has 0 atom stereocenters. The van der Waals surface area contributed by atoms with Gasteiger partial charge in [-0.25, -0.2) is 4.98 Å². The molecular weight excluding hydrogens is 230 g/mol. The molecule has 0 aliphatic heterocycles. The van der Waals surface area contributed by atoms with Gasteiger partial charge in [0.05, 0.1) is 5.69 Å². The zero-order valence-corrected chi connectivity index (χ0v) is 10.1. The number of anilines is 1. The molecule has 80 valence electrons. The molecule has 0 bridgehead atoms. The molecule has 7 heteroatoms. The van der Waals surface area contributed by atoms with Gasteiger partial charge < -0.3 is 10.3 Å². The number of nitrogens with two attached hydrogens (primary N) is 1. The number of nitrogen functional groups attached to an aromatic ring is 1. The smallest absolute Gasteiger partial charge is 0.191 e. The van der Waals surface area contributed by atoms with Crippen LogP contribution in [0.2, 0.25) is 0 Å². The second kappa shape index (κ2) is 4.19. The maximum Gasteiger partial charge on any atom is 0.191 e. The third-order valence-electron chi connectivity index (χ3n) is 1.97. The van der Waals surface area contributed by atoms with Crippen LogP contribution in [0.3, 0.4) is 0 Å². The third kappa shape index (κ3) is 2.29. The highest BCUT2D eigenvalue weighted by Gasteiger charge is 2.06. The summed E-state index contributed by atoms with van der Waals surface area (Å²) in [6.45, 7) is 1.93. The van der Waals surface area contributed by atoms with E-state index in [1.165, 1.54) is 11.3 Å². The number of nitrogens with zero attached hydrogens (tertiary/aromatic N) is 4. The van der Waals surface area contributed by atoms with Crippen LogP contribution in [-0.4, -0.2) is 19.7 Å². The first-order valence-electron chi connectivity index (χ1n) is 4.35. The van der Waals surface area contributed by atoms with Crippen LogP contribution in [0.1, 0.15) is 11.5 Å². The van der Waals surface area contributed by atoms with Gasteiger partial charge in [-0.2, -0.15) is 0 Å². The maximum absolute atomic E-state index is 5.55. The Morgan fingerprint density at radius 2 is 2.33 bits per heavy atom. The highest BCUT2D eigenvalue weighted by Crippen LogP contribution is 2.22. The first-order chi connectivity index (χ1) is 7.16. The maximum atomic E-state index is 5.55. The zero-order valence-electron chi connectivity index (χ0n) is 8.47. The molecule has 0 saturated heterocycles. The van der Waals surface area contributed by atoms with Crippen molar-refractivity contribution in [1.82, 2.24) is 19.7 Å². The number of aryl methyl sites for hydroxylation is 1. The molecule has 15 heavy (non-hydrogen) atoms. The van der Waals surface area contributed by atoms with Crippen LogP contribution < -0.4 is 5.73 Å². The molecule has 2 aromatic rings. The standard InChI is InChI=1S/C8H11N5S2/c1-5-11-12-8(13(5)2)15-4-6-3-14-7(9)10-6/h3H,4H2,1-2H3,(H2,9,10). The number of thioether (sulfide) groups is 1. The van der Waals surface area contributed by atoms with Gasteiger partial charge in [0.25, 0.3) is 0 Å². The summed E-state index contributed by atoms with van der Waals surface area (Å²) in [7, 11) is 1.95. The Kier molecular flexibility index (Phi) is 2.92. The van der Waals surface area contributed by atoms with Crippen molar-refractivity contribution in [3.63, 3.8) is 0 Å². The highest BCUT2D eigenvalue weighted by molar-refractivity contribution is 7.98. The molecule has 0 saturated carbocycles. The molecule has 0 aliphatic rings. The summed E-state index contributed by atoms with van der Waals surface area (Å²) < 4.78 is 1.96. The van der Waals surface area contributed by atoms with Crippen LogP contribution in [0, 0.1) is 6.92 Å². The minimum Gasteiger partial charge on any atom is -0.375 e. The van der Waals surface area contributed by atoms with Crippen molar-refractivity contribution < 1.29 is 0 Å². The average molecular weight is 241 g/mol. The van der Waals surface area contributed by atoms with E-state index in [2.05, 4.69) is 15.2 Å². The summed E-state index contributed by atoms with van der Waals surface area (Å²) in [6, 6.07) is 0. The Morgan fingerprint density at radius 1 is 1.53 bits per heavy atom. The average Bonchev–Trinajstić information content (AvgIpc) is 2.74. The Labute approximate surface area is 95.7 Å². The fourth-order valence-electron chi connectivity index (χ4n) is 1.04. The molecule has 0 unspecified atom stereocenters. The van der Waals surface area contributed by atoms with Crippen LogP contribution in [0.4, 0.5) is 5.13 Å². The highest BCUT2D eigenvalue weighted by atomic mass is 32.2. The second-order valence-electron chi connectivity index (χ2n) is 3.05. The predicted octanol–water partition coefficient (Wildman–Crippen LogP) is 1.45. The molecule has 2 N–H and O–H groups in total. The van der Waals surface area contributed by atoms with E-state index in [-0.39, 0.29) is 0 Å². The Hall–Kier alpha value is -1.08. The van der Waals surface area contributed by atoms with Gasteiger partial charge in [0.15, 0.2) is 10.3 Å². The van der Waals surface area contributed by atoms with Gasteiger partial charge in [-0.15, -0.1) is 21.5 Å². The minimum atomic E-state index is 0.611. The zero-order chi connectivity index (χ0) is 10.8. The lowest BCUT2D eigenvalue weighted by molar-refractivity contribution is 0.765. The van der Waals surface area contributed by atoms with Gasteiger partial charge in [-0.3, -0.25) is 0 Å². The number of hydrogen-bond donors (Lipinski definition) is 1. The summed E-state index contributed by atoms with van der Waals surface area (Å²) in [5.41, 5.74) is 6.54. The van der Waals surface area contributed by atoms with E-state index < -0.39 is 0 Å². The SMILES string of the molecule is Cc1nnc(SCc2csc(N)n2)n1C. The summed E-state index contributed by atoms with van der Waals surface area (Å²) in [5, 5.41) is 11.5. The number of hydrogen-bond acceptors (Lipinski definition) is 6. The number of aromatic nitrogens is 4. The summed E-state index contributed by atoms with van der Waals surface area (Å²) in [4.78, 5) is 4.18. The molecule has 0 fully saturated rings. The first kappa shape index (κ1) is 10.4. The van der Waals surface area contributed by atoms with Crippen LogP contribution in [0.15, 0.2) is 10.5 Å². The minimum absolute atomic E-state index is 0.611. The van der Waals surface area contributed by atoms with Gasteiger partial charge >= 0.3 is 0 Å². The van der Waals surface area contributed by atoms with E-state index in [0.29, 0.717) is 5.13 Å². The van der Waals surface area contributed by atoms with Crippen LogP contribution >= 0.6 is 23.1 Å². The monoisotopic (exact) mass is 241 g/mol. The lowest BCUT2D eigenvalue weighted by Crippen LogP contribution is -1.94. The summed E-state index contributed by atoms with van der Waals surface area (Å²) in [5.74, 6) is 1.69. The molecule has 2 rings (SSSR count). The lowest BCUT2D eigenvalue weighted by Gasteiger charge is -1.98. The molecule has 0 amide bonds. The molecule has 0 aliphatic carbocycles. The Bertz CT molecular complexity index is 461. The van der Waals surface area contributed by atoms with E-state index in [9.17, 15) is 0 Å². The van der Waals surface area contributed by atoms with E-state index in [1.54, 1.807) is 11.8 Å². The quantitative estimate of drug-likeness (QED) is 0.824. The molecule has 5 nitrogen and oxygen atoms in total. The van der Waals surface area contributed by atoms with Crippen molar-refractivity contribution in [2.24, 2.45) is 7.05 Å². The normalized spacial score (nSPS) is 10.8. The van der Waals surface area contributed by atoms with Gasteiger partial charge in [-0.1, -0.05) is 11.8 Å². The van der Waals surface area contributed by atoms with E-state index >= 15 is 0 Å². The Balaban J connectivity index is 2.02. The van der Waals surface area contributed by atoms with E-state index in [4.69, 9.17) is 5.73 Å². The van der Waals surface area contributed by atoms with Crippen molar-refractivity contribution in [2.45, 2.75) is 17.8 Å². The largest absolute Gasteiger partial charge is 0.375 e. The fraction of sp³-hybridized carbons (Fsp3) is 0.375. The van der Waals surface area contributed by atoms with Crippen molar-refractivity contribution in [2.75, 3.05) is 5.73 Å². The molecule has 2 aromatic heterocycles. The van der Waals surface area contributed by atoms with Gasteiger partial charge in [-0.05, 0) is 6.92 Å². The van der Waals surface area contributed by atoms with Gasteiger partial charge in [0.1, 0.15) is 5.82 Å². The van der Waals surface area contributed by atoms with E-state index in [1.807, 2.05) is 23.9 Å². The van der Waals surface area contributed by atoms with E-state index in [0.717, 1.165) is 22.4 Å². The van der Waals surface area contributed by atoms with Gasteiger partial charge in [0.2, 0.25) is 0 Å². The molecule has 2 heterocycles. The molecular formula is C8H11N5S2. The lowest BCUT2D eigenvalue weighted by atomic mass is 10.6. The first-order valence-corrected chi connectivity index (χ1v) is 6.22. The number of thiazole rings is 1. The topological polar surface area (TPSA) is 69.6 Å².